The van der Waals surface area contributed by atoms with Gasteiger partial charge in [-0.3, -0.25) is 10.2 Å². The number of hydrogen-bond donors (Lipinski definition) is 2. The molecule has 1 aromatic carbocycles. The van der Waals surface area contributed by atoms with Gasteiger partial charge in [0.05, 0.1) is 23.3 Å². The molecular formula is C14H14N6S2. The summed E-state index contributed by atoms with van der Waals surface area (Å²) in [5.74, 6) is 0. The van der Waals surface area contributed by atoms with E-state index in [1.807, 2.05) is 48.9 Å². The minimum Gasteiger partial charge on any atom is -0.273 e. The average Bonchev–Trinajstić information content (AvgIpc) is 2.99. The summed E-state index contributed by atoms with van der Waals surface area (Å²) in [6.07, 6.45) is 1.73. The Morgan fingerprint density at radius 1 is 1.09 bits per heavy atom. The number of nitrogens with one attached hydrogen (secondary N) is 2. The summed E-state index contributed by atoms with van der Waals surface area (Å²) < 4.78 is 4.20. The Balaban J connectivity index is 2.05. The fraction of sp³-hybridized carbons (Fsp3) is 0.143. The molecule has 22 heavy (non-hydrogen) atoms. The Morgan fingerprint density at radius 3 is 2.36 bits per heavy atom. The zero-order valence-electron chi connectivity index (χ0n) is 12.1. The maximum Gasteiger partial charge on any atom is 0.215 e. The van der Waals surface area contributed by atoms with Crippen molar-refractivity contribution in [2.45, 2.75) is 13.8 Å². The number of aromatic amines is 2. The lowest BCUT2D eigenvalue weighted by atomic mass is 10.2. The Bertz CT molecular complexity index is 914. The van der Waals surface area contributed by atoms with E-state index in [-0.39, 0.29) is 0 Å². The molecule has 0 aliphatic carbocycles. The Kier molecular flexibility index (Phi) is 3.86. The number of para-hydroxylation sites is 1. The van der Waals surface area contributed by atoms with Gasteiger partial charge in [0, 0.05) is 5.56 Å². The summed E-state index contributed by atoms with van der Waals surface area (Å²) in [6.45, 7) is 3.95. The molecule has 2 aromatic heterocycles. The minimum absolute atomic E-state index is 0.423. The van der Waals surface area contributed by atoms with E-state index in [1.165, 1.54) is 4.68 Å². The van der Waals surface area contributed by atoms with Crippen molar-refractivity contribution in [1.82, 2.24) is 24.7 Å². The molecule has 0 spiro atoms. The molecule has 0 saturated heterocycles. The van der Waals surface area contributed by atoms with Crippen LogP contribution in [0, 0.1) is 23.4 Å². The zero-order chi connectivity index (χ0) is 15.7. The maximum atomic E-state index is 5.11. The first-order valence-electron chi connectivity index (χ1n) is 6.63. The highest BCUT2D eigenvalue weighted by molar-refractivity contribution is 7.72. The largest absolute Gasteiger partial charge is 0.273 e. The lowest BCUT2D eigenvalue weighted by molar-refractivity contribution is 0.833. The second-order valence-electron chi connectivity index (χ2n) is 4.75. The molecule has 0 aliphatic heterocycles. The molecule has 0 radical (unpaired) electrons. The van der Waals surface area contributed by atoms with E-state index in [4.69, 9.17) is 24.4 Å². The third-order valence-corrected chi connectivity index (χ3v) is 3.86. The number of rotatable bonds is 3. The second kappa shape index (κ2) is 5.82. The van der Waals surface area contributed by atoms with Crippen molar-refractivity contribution >= 4 is 30.7 Å². The average molecular weight is 330 g/mol. The third-order valence-electron chi connectivity index (χ3n) is 3.31. The van der Waals surface area contributed by atoms with Gasteiger partial charge < -0.3 is 0 Å². The number of H-pyrrole nitrogens is 2. The molecule has 2 N–H and O–H groups in total. The molecule has 0 atom stereocenters. The van der Waals surface area contributed by atoms with Crippen molar-refractivity contribution in [2.24, 2.45) is 5.10 Å². The van der Waals surface area contributed by atoms with Crippen LogP contribution in [0.3, 0.4) is 0 Å². The minimum atomic E-state index is 0.423. The topological polar surface area (TPSA) is 66.7 Å². The van der Waals surface area contributed by atoms with Crippen molar-refractivity contribution < 1.29 is 0 Å². The van der Waals surface area contributed by atoms with E-state index in [2.05, 4.69) is 20.4 Å². The van der Waals surface area contributed by atoms with Gasteiger partial charge in [-0.1, -0.05) is 18.2 Å². The predicted octanol–water partition coefficient (Wildman–Crippen LogP) is 3.29. The van der Waals surface area contributed by atoms with Crippen LogP contribution in [0.1, 0.15) is 17.0 Å². The fourth-order valence-electron chi connectivity index (χ4n) is 2.19. The van der Waals surface area contributed by atoms with Gasteiger partial charge in [-0.2, -0.15) is 14.9 Å². The van der Waals surface area contributed by atoms with Gasteiger partial charge in [0.15, 0.2) is 0 Å². The molecule has 0 aliphatic rings. The summed E-state index contributed by atoms with van der Waals surface area (Å²) in [5, 5.41) is 14.4. The van der Waals surface area contributed by atoms with E-state index in [1.54, 1.807) is 6.21 Å². The number of aromatic nitrogens is 5. The molecule has 6 nitrogen and oxygen atoms in total. The normalized spacial score (nSPS) is 11.4. The third kappa shape index (κ3) is 2.58. The van der Waals surface area contributed by atoms with Gasteiger partial charge in [0.2, 0.25) is 9.54 Å². The van der Waals surface area contributed by atoms with Crippen LogP contribution in [0.25, 0.3) is 5.69 Å². The van der Waals surface area contributed by atoms with Crippen LogP contribution in [0.2, 0.25) is 0 Å². The van der Waals surface area contributed by atoms with Gasteiger partial charge in [-0.05, 0) is 50.4 Å². The first-order chi connectivity index (χ1) is 10.6. The monoisotopic (exact) mass is 330 g/mol. The van der Waals surface area contributed by atoms with Crippen LogP contribution in [-0.2, 0) is 0 Å². The Morgan fingerprint density at radius 2 is 1.73 bits per heavy atom. The van der Waals surface area contributed by atoms with Gasteiger partial charge >= 0.3 is 0 Å². The number of nitrogens with zero attached hydrogens (tertiary/aromatic N) is 4. The molecule has 0 bridgehead atoms. The molecule has 0 fully saturated rings. The molecule has 3 aromatic rings. The predicted molar refractivity (Wildman–Crippen MR) is 90.8 cm³/mol. The van der Waals surface area contributed by atoms with E-state index < -0.39 is 0 Å². The van der Waals surface area contributed by atoms with Gasteiger partial charge in [-0.15, -0.1) is 0 Å². The lowest BCUT2D eigenvalue weighted by Crippen LogP contribution is -1.99. The highest BCUT2D eigenvalue weighted by Crippen LogP contribution is 2.16. The molecular weight excluding hydrogens is 316 g/mol. The molecule has 8 heteroatoms. The highest BCUT2D eigenvalue weighted by atomic mass is 32.1. The second-order valence-corrected chi connectivity index (χ2v) is 5.52. The van der Waals surface area contributed by atoms with Crippen LogP contribution in [-0.4, -0.2) is 30.9 Å². The Hall–Kier alpha value is -2.32. The van der Waals surface area contributed by atoms with Crippen molar-refractivity contribution in [1.29, 1.82) is 0 Å². The molecule has 0 saturated carbocycles. The summed E-state index contributed by atoms with van der Waals surface area (Å²) in [6, 6.07) is 9.97. The number of hydrogen-bond acceptors (Lipinski definition) is 4. The summed E-state index contributed by atoms with van der Waals surface area (Å²) in [5.41, 5.74) is 3.85. The quantitative estimate of drug-likeness (QED) is 0.572. The van der Waals surface area contributed by atoms with E-state index in [0.29, 0.717) is 9.54 Å². The van der Waals surface area contributed by atoms with Gasteiger partial charge in [0.1, 0.15) is 0 Å². The first-order valence-corrected chi connectivity index (χ1v) is 7.45. The smallest absolute Gasteiger partial charge is 0.215 e. The Labute approximate surface area is 137 Å². The molecule has 0 amide bonds. The summed E-state index contributed by atoms with van der Waals surface area (Å²) in [4.78, 5) is 0. The van der Waals surface area contributed by atoms with E-state index in [9.17, 15) is 0 Å². The molecule has 3 rings (SSSR count). The number of aryl methyl sites for hydroxylation is 1. The van der Waals surface area contributed by atoms with Crippen LogP contribution in [0.15, 0.2) is 35.4 Å². The van der Waals surface area contributed by atoms with Crippen LogP contribution in [0.4, 0.5) is 0 Å². The fourth-order valence-corrected chi connectivity index (χ4v) is 2.62. The van der Waals surface area contributed by atoms with E-state index in [0.717, 1.165) is 22.6 Å². The SMILES string of the molecule is Cc1nn(-c2ccccc2)c(C)c1/C=N\n1c(=S)[nH][nH]c1=S. The van der Waals surface area contributed by atoms with Crippen molar-refractivity contribution in [3.05, 3.63) is 56.8 Å². The molecule has 0 unspecified atom stereocenters. The van der Waals surface area contributed by atoms with Gasteiger partial charge in [0.25, 0.3) is 0 Å². The van der Waals surface area contributed by atoms with Crippen molar-refractivity contribution in [2.75, 3.05) is 0 Å². The lowest BCUT2D eigenvalue weighted by Gasteiger charge is -2.03. The molecule has 112 valence electrons. The highest BCUT2D eigenvalue weighted by Gasteiger charge is 2.11. The molecule has 2 heterocycles. The maximum absolute atomic E-state index is 5.11. The standard InChI is InChI=1S/C14H14N6S2/c1-9-12(8-15-20-13(21)16-17-14(20)22)10(2)19(18-9)11-6-4-3-5-7-11/h3-8H,1-2H3,(H,16,21)(H,17,22)/b15-8-. The van der Waals surface area contributed by atoms with E-state index >= 15 is 0 Å². The number of benzene rings is 1. The van der Waals surface area contributed by atoms with Crippen LogP contribution >= 0.6 is 24.4 Å². The first kappa shape index (κ1) is 14.6. The van der Waals surface area contributed by atoms with Crippen molar-refractivity contribution in [3.8, 4) is 5.69 Å². The zero-order valence-corrected chi connectivity index (χ0v) is 13.7. The summed E-state index contributed by atoms with van der Waals surface area (Å²) in [7, 11) is 0. The summed E-state index contributed by atoms with van der Waals surface area (Å²) >= 11 is 10.2. The van der Waals surface area contributed by atoms with Crippen LogP contribution in [0.5, 0.6) is 0 Å². The van der Waals surface area contributed by atoms with Crippen LogP contribution < -0.4 is 0 Å². The van der Waals surface area contributed by atoms with Crippen molar-refractivity contribution in [3.63, 3.8) is 0 Å². The van der Waals surface area contributed by atoms with Gasteiger partial charge in [-0.25, -0.2) is 4.68 Å².